The van der Waals surface area contributed by atoms with Gasteiger partial charge in [0, 0.05) is 18.9 Å². The highest BCUT2D eigenvalue weighted by atomic mass is 16.5. The zero-order valence-corrected chi connectivity index (χ0v) is 10.0. The van der Waals surface area contributed by atoms with E-state index in [2.05, 4.69) is 22.6 Å². The van der Waals surface area contributed by atoms with Gasteiger partial charge in [0.1, 0.15) is 5.75 Å². The number of aliphatic hydroxyl groups is 1. The minimum Gasteiger partial charge on any atom is -0.494 e. The van der Waals surface area contributed by atoms with E-state index in [1.165, 1.54) is 0 Å². The van der Waals surface area contributed by atoms with Crippen LogP contribution in [-0.4, -0.2) is 37.6 Å². The summed E-state index contributed by atoms with van der Waals surface area (Å²) in [5, 5.41) is 16.1. The summed E-state index contributed by atoms with van der Waals surface area (Å²) in [6.07, 6.45) is -0.507. The molecule has 0 unspecified atom stereocenters. The normalized spacial score (nSPS) is 11.6. The molecule has 0 aliphatic heterocycles. The smallest absolute Gasteiger partial charge is 0.119 e. The Morgan fingerprint density at radius 1 is 1.35 bits per heavy atom. The lowest BCUT2D eigenvalue weighted by atomic mass is 10.3. The van der Waals surface area contributed by atoms with Crippen molar-refractivity contribution in [2.24, 2.45) is 5.10 Å². The zero-order valence-electron chi connectivity index (χ0n) is 10.0. The van der Waals surface area contributed by atoms with Crippen LogP contribution in [0.2, 0.25) is 0 Å². The molecule has 0 aromatic heterocycles. The summed E-state index contributed by atoms with van der Waals surface area (Å²) in [5.41, 5.74) is 3.56. The highest BCUT2D eigenvalue weighted by Gasteiger charge is 2.02. The first-order valence-electron chi connectivity index (χ1n) is 5.59. The van der Waals surface area contributed by atoms with Crippen LogP contribution < -0.4 is 15.5 Å². The van der Waals surface area contributed by atoms with E-state index in [0.717, 1.165) is 11.4 Å². The van der Waals surface area contributed by atoms with Crippen LogP contribution in [0, 0.1) is 0 Å². The van der Waals surface area contributed by atoms with Crippen LogP contribution in [-0.2, 0) is 0 Å². The molecule has 0 saturated carbocycles. The van der Waals surface area contributed by atoms with Gasteiger partial charge >= 0.3 is 0 Å². The van der Waals surface area contributed by atoms with Gasteiger partial charge in [0.05, 0.1) is 19.3 Å². The van der Waals surface area contributed by atoms with Crippen molar-refractivity contribution in [2.45, 2.75) is 13.0 Å². The fourth-order valence-electron chi connectivity index (χ4n) is 1.31. The van der Waals surface area contributed by atoms with Crippen LogP contribution in [0.15, 0.2) is 29.4 Å². The first-order chi connectivity index (χ1) is 8.26. The fourth-order valence-corrected chi connectivity index (χ4v) is 1.31. The largest absolute Gasteiger partial charge is 0.494 e. The van der Waals surface area contributed by atoms with Crippen molar-refractivity contribution in [1.29, 1.82) is 0 Å². The Morgan fingerprint density at radius 3 is 2.65 bits per heavy atom. The number of nitrogens with zero attached hydrogens (tertiary/aromatic N) is 1. The van der Waals surface area contributed by atoms with Crippen LogP contribution in [0.25, 0.3) is 0 Å². The molecule has 1 rings (SSSR count). The first-order valence-corrected chi connectivity index (χ1v) is 5.59. The molecular formula is C12H19N3O2. The number of nitrogens with one attached hydrogen (secondary N) is 2. The minimum atomic E-state index is -0.507. The predicted molar refractivity (Wildman–Crippen MR) is 69.7 cm³/mol. The maximum atomic E-state index is 9.54. The van der Waals surface area contributed by atoms with Gasteiger partial charge in [0.2, 0.25) is 0 Å². The third kappa shape index (κ3) is 5.21. The second-order valence-corrected chi connectivity index (χ2v) is 3.51. The topological polar surface area (TPSA) is 65.9 Å². The Morgan fingerprint density at radius 2 is 2.06 bits per heavy atom. The molecule has 0 amide bonds. The van der Waals surface area contributed by atoms with Crippen molar-refractivity contribution >= 4 is 12.4 Å². The maximum absolute atomic E-state index is 9.54. The summed E-state index contributed by atoms with van der Waals surface area (Å²) in [6.45, 7) is 6.71. The monoisotopic (exact) mass is 237 g/mol. The molecule has 0 radical (unpaired) electrons. The van der Waals surface area contributed by atoms with E-state index >= 15 is 0 Å². The molecule has 0 fully saturated rings. The molecule has 94 valence electrons. The molecule has 5 nitrogen and oxygen atoms in total. The highest BCUT2D eigenvalue weighted by Crippen LogP contribution is 2.15. The van der Waals surface area contributed by atoms with Crippen LogP contribution in [0.5, 0.6) is 5.75 Å². The summed E-state index contributed by atoms with van der Waals surface area (Å²) < 4.78 is 5.33. The van der Waals surface area contributed by atoms with E-state index in [9.17, 15) is 5.11 Å². The number of benzene rings is 1. The fraction of sp³-hybridized carbons (Fsp3) is 0.417. The average Bonchev–Trinajstić information content (AvgIpc) is 2.36. The van der Waals surface area contributed by atoms with Gasteiger partial charge < -0.3 is 20.6 Å². The van der Waals surface area contributed by atoms with Gasteiger partial charge in [-0.15, -0.1) is 0 Å². The number of anilines is 1. The average molecular weight is 237 g/mol. The second-order valence-electron chi connectivity index (χ2n) is 3.51. The number of ether oxygens (including phenoxy) is 1. The van der Waals surface area contributed by atoms with Crippen molar-refractivity contribution in [1.82, 2.24) is 5.43 Å². The number of hydrogen-bond donors (Lipinski definition) is 3. The zero-order chi connectivity index (χ0) is 12.5. The van der Waals surface area contributed by atoms with E-state index < -0.39 is 6.10 Å². The summed E-state index contributed by atoms with van der Waals surface area (Å²) in [5.74, 6) is 0.844. The lowest BCUT2D eigenvalue weighted by Crippen LogP contribution is -2.29. The highest BCUT2D eigenvalue weighted by molar-refractivity contribution is 5.46. The van der Waals surface area contributed by atoms with Crippen LogP contribution in [0.1, 0.15) is 6.92 Å². The molecule has 5 heteroatoms. The van der Waals surface area contributed by atoms with Gasteiger partial charge in [-0.25, -0.2) is 0 Å². The number of aliphatic hydroxyl groups excluding tert-OH is 1. The predicted octanol–water partition coefficient (Wildman–Crippen LogP) is 1.06. The molecule has 0 saturated heterocycles. The Balaban J connectivity index is 2.33. The quantitative estimate of drug-likeness (QED) is 0.467. The van der Waals surface area contributed by atoms with E-state index in [0.29, 0.717) is 19.7 Å². The molecule has 0 aliphatic rings. The summed E-state index contributed by atoms with van der Waals surface area (Å²) in [4.78, 5) is 0. The molecule has 1 aromatic carbocycles. The van der Waals surface area contributed by atoms with E-state index in [1.807, 2.05) is 31.2 Å². The molecular weight excluding hydrogens is 218 g/mol. The summed E-state index contributed by atoms with van der Waals surface area (Å²) in [7, 11) is 0. The summed E-state index contributed by atoms with van der Waals surface area (Å²) >= 11 is 0. The standard InChI is InChI=1S/C12H19N3O2/c1-3-17-12-6-4-10(5-7-12)14-8-11(16)9-15-13-2/h4-7,11,14-16H,2-3,8-9H2,1H3/t11-/m0/s1. The lowest BCUT2D eigenvalue weighted by Gasteiger charge is -2.12. The lowest BCUT2D eigenvalue weighted by molar-refractivity contribution is 0.185. The van der Waals surface area contributed by atoms with Crippen molar-refractivity contribution in [3.05, 3.63) is 24.3 Å². The third-order valence-corrected chi connectivity index (χ3v) is 2.15. The van der Waals surface area contributed by atoms with E-state index in [1.54, 1.807) is 0 Å². The van der Waals surface area contributed by atoms with Gasteiger partial charge in [0.25, 0.3) is 0 Å². The number of hydrazone groups is 1. The van der Waals surface area contributed by atoms with Gasteiger partial charge in [-0.05, 0) is 31.2 Å². The van der Waals surface area contributed by atoms with Gasteiger partial charge in [-0.3, -0.25) is 0 Å². The van der Waals surface area contributed by atoms with Gasteiger partial charge in [-0.2, -0.15) is 5.10 Å². The Hall–Kier alpha value is -1.75. The van der Waals surface area contributed by atoms with Gasteiger partial charge in [0.15, 0.2) is 0 Å². The summed E-state index contributed by atoms with van der Waals surface area (Å²) in [6, 6.07) is 7.61. The van der Waals surface area contributed by atoms with Crippen LogP contribution in [0.3, 0.4) is 0 Å². The Bertz CT molecular complexity index is 327. The Kier molecular flexibility index (Phi) is 5.88. The molecule has 3 N–H and O–H groups in total. The van der Waals surface area contributed by atoms with Crippen molar-refractivity contribution in [3.8, 4) is 5.75 Å². The molecule has 0 heterocycles. The van der Waals surface area contributed by atoms with E-state index in [4.69, 9.17) is 4.74 Å². The van der Waals surface area contributed by atoms with Crippen LogP contribution in [0.4, 0.5) is 5.69 Å². The first kappa shape index (κ1) is 13.3. The number of hydrogen-bond acceptors (Lipinski definition) is 5. The van der Waals surface area contributed by atoms with Crippen molar-refractivity contribution < 1.29 is 9.84 Å². The number of rotatable bonds is 8. The molecule has 0 aliphatic carbocycles. The Labute approximate surface area is 101 Å². The minimum absolute atomic E-state index is 0.382. The second kappa shape index (κ2) is 7.51. The molecule has 0 bridgehead atoms. The van der Waals surface area contributed by atoms with Gasteiger partial charge in [-0.1, -0.05) is 0 Å². The van der Waals surface area contributed by atoms with Crippen LogP contribution >= 0.6 is 0 Å². The molecule has 17 heavy (non-hydrogen) atoms. The maximum Gasteiger partial charge on any atom is 0.119 e. The molecule has 1 aromatic rings. The van der Waals surface area contributed by atoms with E-state index in [-0.39, 0.29) is 0 Å². The van der Waals surface area contributed by atoms with Crippen molar-refractivity contribution in [2.75, 3.05) is 25.0 Å². The third-order valence-electron chi connectivity index (χ3n) is 2.15. The molecule has 0 spiro atoms. The van der Waals surface area contributed by atoms with Crippen molar-refractivity contribution in [3.63, 3.8) is 0 Å². The molecule has 1 atom stereocenters. The SMILES string of the molecule is C=NNC[C@@H](O)CNc1ccc(OCC)cc1.